The molecule has 29 heavy (non-hydrogen) atoms. The highest BCUT2D eigenvalue weighted by Gasteiger charge is 2.10. The van der Waals surface area contributed by atoms with Crippen molar-refractivity contribution < 1.29 is 19.0 Å². The fraction of sp³-hybridized carbons (Fsp3) is 0.364. The Labute approximate surface area is 174 Å². The topological polar surface area (TPSA) is 62.1 Å². The van der Waals surface area contributed by atoms with Gasteiger partial charge in [0.1, 0.15) is 11.5 Å². The van der Waals surface area contributed by atoms with Gasteiger partial charge in [0, 0.05) is 13.7 Å². The Morgan fingerprint density at radius 2 is 1.83 bits per heavy atom. The van der Waals surface area contributed by atoms with E-state index < -0.39 is 0 Å². The lowest BCUT2D eigenvalue weighted by Crippen LogP contribution is -2.21. The number of benzene rings is 2. The second-order valence-electron chi connectivity index (χ2n) is 6.88. The summed E-state index contributed by atoms with van der Waals surface area (Å²) in [4.78, 5) is 17.3. The fourth-order valence-electron chi connectivity index (χ4n) is 2.90. The minimum atomic E-state index is -0.331. The van der Waals surface area contributed by atoms with E-state index in [4.69, 9.17) is 14.2 Å². The van der Waals surface area contributed by atoms with E-state index in [0.29, 0.717) is 29.6 Å². The van der Waals surface area contributed by atoms with Gasteiger partial charge in [0.15, 0.2) is 11.4 Å². The van der Waals surface area contributed by atoms with Crippen LogP contribution in [0.4, 0.5) is 0 Å². The second kappa shape index (κ2) is 9.71. The number of aromatic nitrogens is 1. The van der Waals surface area contributed by atoms with Crippen LogP contribution in [-0.2, 0) is 16.1 Å². The molecular formula is C22H26N2O4S. The summed E-state index contributed by atoms with van der Waals surface area (Å²) in [6.07, 6.45) is 0. The van der Waals surface area contributed by atoms with E-state index in [9.17, 15) is 4.79 Å². The quantitative estimate of drug-likeness (QED) is 0.559. The molecule has 1 heterocycles. The van der Waals surface area contributed by atoms with E-state index >= 15 is 0 Å². The molecule has 0 saturated heterocycles. The normalized spacial score (nSPS) is 12.0. The van der Waals surface area contributed by atoms with Crippen molar-refractivity contribution in [2.45, 2.75) is 26.3 Å². The van der Waals surface area contributed by atoms with Gasteiger partial charge in [-0.05, 0) is 41.8 Å². The molecule has 2 aromatic carbocycles. The Morgan fingerprint density at radius 3 is 2.48 bits per heavy atom. The summed E-state index contributed by atoms with van der Waals surface area (Å²) in [5.74, 6) is 1.55. The van der Waals surface area contributed by atoms with Crippen molar-refractivity contribution in [2.24, 2.45) is 4.99 Å². The van der Waals surface area contributed by atoms with Gasteiger partial charge < -0.3 is 18.8 Å². The molecule has 0 radical (unpaired) electrons. The summed E-state index contributed by atoms with van der Waals surface area (Å²) in [6, 6.07) is 13.6. The maximum atomic E-state index is 12.4. The number of fused-ring (bicyclic) bond motifs is 1. The zero-order valence-electron chi connectivity index (χ0n) is 17.2. The highest BCUT2D eigenvalue weighted by molar-refractivity contribution is 7.16. The lowest BCUT2D eigenvalue weighted by atomic mass is 10.0. The summed E-state index contributed by atoms with van der Waals surface area (Å²) >= 11 is 1.44. The van der Waals surface area contributed by atoms with Crippen LogP contribution in [0.25, 0.3) is 10.2 Å². The minimum Gasteiger partial charge on any atom is -0.497 e. The molecule has 0 aliphatic rings. The lowest BCUT2D eigenvalue weighted by molar-refractivity contribution is -0.120. The number of carbonyl (C=O) groups excluding carboxylic acids is 1. The molecule has 0 fully saturated rings. The number of hydrogen-bond acceptors (Lipinski definition) is 5. The number of hydrogen-bond donors (Lipinski definition) is 0. The maximum absolute atomic E-state index is 12.4. The van der Waals surface area contributed by atoms with Crippen LogP contribution in [0.5, 0.6) is 11.5 Å². The monoisotopic (exact) mass is 414 g/mol. The molecule has 0 saturated carbocycles. The van der Waals surface area contributed by atoms with E-state index in [2.05, 4.69) is 18.8 Å². The van der Waals surface area contributed by atoms with Gasteiger partial charge in [0.05, 0.1) is 23.9 Å². The van der Waals surface area contributed by atoms with Gasteiger partial charge in [-0.3, -0.25) is 4.79 Å². The Morgan fingerprint density at radius 1 is 1.10 bits per heavy atom. The van der Waals surface area contributed by atoms with Crippen LogP contribution >= 0.6 is 11.3 Å². The highest BCUT2D eigenvalue weighted by atomic mass is 32.1. The third kappa shape index (κ3) is 5.25. The van der Waals surface area contributed by atoms with Gasteiger partial charge in [-0.2, -0.15) is 4.99 Å². The standard InChI is InChI=1S/C22H26N2O4S/c1-15(2)16-5-7-17(8-6-16)28-14-21(25)23-22-24(11-12-26-3)19-10-9-18(27-4)13-20(19)29-22/h5-10,13,15H,11-12,14H2,1-4H3. The van der Waals surface area contributed by atoms with Crippen molar-refractivity contribution in [3.05, 3.63) is 52.8 Å². The number of nitrogens with zero attached hydrogens (tertiary/aromatic N) is 2. The second-order valence-corrected chi connectivity index (χ2v) is 7.89. The van der Waals surface area contributed by atoms with Crippen molar-refractivity contribution in [2.75, 3.05) is 27.4 Å². The summed E-state index contributed by atoms with van der Waals surface area (Å²) in [5, 5.41) is 0. The van der Waals surface area contributed by atoms with Crippen LogP contribution in [-0.4, -0.2) is 37.9 Å². The van der Waals surface area contributed by atoms with Crippen LogP contribution in [0.1, 0.15) is 25.3 Å². The average Bonchev–Trinajstić information content (AvgIpc) is 3.06. The first-order valence-corrected chi connectivity index (χ1v) is 10.3. The first kappa shape index (κ1) is 21.1. The maximum Gasteiger partial charge on any atom is 0.286 e. The SMILES string of the molecule is COCCn1c(=NC(=O)COc2ccc(C(C)C)cc2)sc2cc(OC)ccc21. The summed E-state index contributed by atoms with van der Waals surface area (Å²) in [5.41, 5.74) is 2.22. The summed E-state index contributed by atoms with van der Waals surface area (Å²) in [6.45, 7) is 5.29. The van der Waals surface area contributed by atoms with Crippen molar-refractivity contribution in [1.82, 2.24) is 4.57 Å². The molecule has 1 aromatic heterocycles. The van der Waals surface area contributed by atoms with E-state index in [1.165, 1.54) is 16.9 Å². The van der Waals surface area contributed by atoms with Gasteiger partial charge in [0.2, 0.25) is 0 Å². The largest absolute Gasteiger partial charge is 0.497 e. The first-order chi connectivity index (χ1) is 14.0. The molecule has 6 nitrogen and oxygen atoms in total. The minimum absolute atomic E-state index is 0.108. The molecule has 0 aliphatic carbocycles. The van der Waals surface area contributed by atoms with Crippen LogP contribution in [0, 0.1) is 0 Å². The molecule has 0 spiro atoms. The number of methoxy groups -OCH3 is 2. The number of ether oxygens (including phenoxy) is 3. The van der Waals surface area contributed by atoms with Crippen molar-refractivity contribution in [3.8, 4) is 11.5 Å². The molecule has 154 valence electrons. The third-order valence-corrected chi connectivity index (χ3v) is 5.58. The van der Waals surface area contributed by atoms with Crippen molar-refractivity contribution in [1.29, 1.82) is 0 Å². The van der Waals surface area contributed by atoms with Crippen LogP contribution in [0.15, 0.2) is 47.5 Å². The van der Waals surface area contributed by atoms with E-state index in [1.807, 2.05) is 47.0 Å². The van der Waals surface area contributed by atoms with Crippen molar-refractivity contribution >= 4 is 27.5 Å². The molecule has 0 bridgehead atoms. The Bertz CT molecular complexity index is 1040. The summed E-state index contributed by atoms with van der Waals surface area (Å²) in [7, 11) is 3.28. The molecular weight excluding hydrogens is 388 g/mol. The Kier molecular flexibility index (Phi) is 7.06. The average molecular weight is 415 g/mol. The number of thiazole rings is 1. The number of rotatable bonds is 8. The molecule has 7 heteroatoms. The molecule has 0 aliphatic heterocycles. The van der Waals surface area contributed by atoms with Crippen LogP contribution in [0.3, 0.4) is 0 Å². The zero-order chi connectivity index (χ0) is 20.8. The number of carbonyl (C=O) groups is 1. The van der Waals surface area contributed by atoms with Gasteiger partial charge in [-0.1, -0.05) is 37.3 Å². The van der Waals surface area contributed by atoms with Crippen molar-refractivity contribution in [3.63, 3.8) is 0 Å². The molecule has 0 atom stereocenters. The smallest absolute Gasteiger partial charge is 0.286 e. The third-order valence-electron chi connectivity index (χ3n) is 4.54. The van der Waals surface area contributed by atoms with Gasteiger partial charge in [-0.15, -0.1) is 0 Å². The molecule has 0 unspecified atom stereocenters. The van der Waals surface area contributed by atoms with Crippen LogP contribution in [0.2, 0.25) is 0 Å². The Hall–Kier alpha value is -2.64. The van der Waals surface area contributed by atoms with Crippen LogP contribution < -0.4 is 14.3 Å². The fourth-order valence-corrected chi connectivity index (χ4v) is 4.00. The summed E-state index contributed by atoms with van der Waals surface area (Å²) < 4.78 is 19.1. The number of amides is 1. The molecule has 3 aromatic rings. The van der Waals surface area contributed by atoms with E-state index in [1.54, 1.807) is 14.2 Å². The highest BCUT2D eigenvalue weighted by Crippen LogP contribution is 2.23. The lowest BCUT2D eigenvalue weighted by Gasteiger charge is -2.07. The molecule has 1 amide bonds. The van der Waals surface area contributed by atoms with Gasteiger partial charge in [0.25, 0.3) is 5.91 Å². The zero-order valence-corrected chi connectivity index (χ0v) is 18.0. The molecule has 0 N–H and O–H groups in total. The van der Waals surface area contributed by atoms with Gasteiger partial charge >= 0.3 is 0 Å². The predicted octanol–water partition coefficient (Wildman–Crippen LogP) is 3.99. The Balaban J connectivity index is 1.80. The van der Waals surface area contributed by atoms with E-state index in [-0.39, 0.29) is 12.5 Å². The van der Waals surface area contributed by atoms with E-state index in [0.717, 1.165) is 16.0 Å². The first-order valence-electron chi connectivity index (χ1n) is 9.48. The predicted molar refractivity (Wildman–Crippen MR) is 115 cm³/mol. The van der Waals surface area contributed by atoms with Gasteiger partial charge in [-0.25, -0.2) is 0 Å². The molecule has 3 rings (SSSR count).